The lowest BCUT2D eigenvalue weighted by molar-refractivity contribution is -0.146. The van der Waals surface area contributed by atoms with Gasteiger partial charge < -0.3 is 10.1 Å². The quantitative estimate of drug-likeness (QED) is 0.441. The van der Waals surface area contributed by atoms with Crippen LogP contribution in [0.25, 0.3) is 0 Å². The molecule has 1 heterocycles. The molecule has 1 N–H and O–H groups in total. The third-order valence-corrected chi connectivity index (χ3v) is 8.16. The molecule has 0 radical (unpaired) electrons. The first kappa shape index (κ1) is 24.1. The van der Waals surface area contributed by atoms with Gasteiger partial charge in [0.25, 0.3) is 0 Å². The van der Waals surface area contributed by atoms with E-state index in [0.29, 0.717) is 34.0 Å². The van der Waals surface area contributed by atoms with Gasteiger partial charge >= 0.3 is 5.97 Å². The summed E-state index contributed by atoms with van der Waals surface area (Å²) in [7, 11) is 0. The first-order valence-corrected chi connectivity index (χ1v) is 13.1. The van der Waals surface area contributed by atoms with Crippen LogP contribution in [0.2, 0.25) is 10.0 Å². The van der Waals surface area contributed by atoms with E-state index < -0.39 is 5.92 Å². The Morgan fingerprint density at radius 2 is 1.69 bits per heavy atom. The van der Waals surface area contributed by atoms with E-state index in [4.69, 9.17) is 27.9 Å². The highest BCUT2D eigenvalue weighted by Crippen LogP contribution is 2.46. The van der Waals surface area contributed by atoms with Gasteiger partial charge in [0.15, 0.2) is 5.78 Å². The molecular weight excluding hydrogens is 481 g/mol. The number of benzene rings is 2. The Hall–Kier alpha value is -2.56. The van der Waals surface area contributed by atoms with Crippen molar-refractivity contribution in [2.45, 2.75) is 69.8 Å². The van der Waals surface area contributed by atoms with E-state index in [1.54, 1.807) is 12.1 Å². The fourth-order valence-corrected chi connectivity index (χ4v) is 6.00. The second-order valence-electron chi connectivity index (χ2n) is 9.77. The zero-order valence-corrected chi connectivity index (χ0v) is 21.3. The maximum atomic E-state index is 13.7. The molecule has 6 heteroatoms. The Bertz CT molecular complexity index is 1210. The summed E-state index contributed by atoms with van der Waals surface area (Å²) >= 11 is 12.6. The highest BCUT2D eigenvalue weighted by atomic mass is 35.5. The fraction of sp³-hybridized carbons (Fsp3) is 0.379. The first-order chi connectivity index (χ1) is 16.9. The van der Waals surface area contributed by atoms with Gasteiger partial charge in [-0.3, -0.25) is 4.79 Å². The van der Waals surface area contributed by atoms with E-state index >= 15 is 0 Å². The van der Waals surface area contributed by atoms with Crippen molar-refractivity contribution in [3.8, 4) is 0 Å². The molecule has 35 heavy (non-hydrogen) atoms. The lowest BCUT2D eigenvalue weighted by Gasteiger charge is -2.37. The summed E-state index contributed by atoms with van der Waals surface area (Å²) in [5, 5.41) is 4.25. The minimum atomic E-state index is -0.540. The molecule has 0 spiro atoms. The van der Waals surface area contributed by atoms with Gasteiger partial charge in [0.05, 0.1) is 15.6 Å². The minimum absolute atomic E-state index is 0.0409. The number of carbonyl (C=O) groups excluding carboxylic acids is 2. The normalized spacial score (nSPS) is 23.1. The highest BCUT2D eigenvalue weighted by molar-refractivity contribution is 6.42. The summed E-state index contributed by atoms with van der Waals surface area (Å²) in [6, 6.07) is 15.5. The molecule has 1 aliphatic heterocycles. The van der Waals surface area contributed by atoms with Gasteiger partial charge in [-0.15, -0.1) is 0 Å². The van der Waals surface area contributed by atoms with Crippen LogP contribution in [0.1, 0.15) is 74.8 Å². The average Bonchev–Trinajstić information content (AvgIpc) is 2.86. The smallest absolute Gasteiger partial charge is 0.337 e. The molecule has 0 saturated heterocycles. The maximum absolute atomic E-state index is 13.7. The number of rotatable bonds is 4. The molecule has 0 amide bonds. The molecule has 2 aliphatic carbocycles. The molecular formula is C29H29Cl2NO3. The third kappa shape index (κ3) is 4.92. The van der Waals surface area contributed by atoms with Gasteiger partial charge in [0.1, 0.15) is 6.10 Å². The molecule has 1 fully saturated rings. The number of hydrogen-bond acceptors (Lipinski definition) is 4. The average molecular weight is 510 g/mol. The van der Waals surface area contributed by atoms with Crippen molar-refractivity contribution >= 4 is 35.0 Å². The SMILES string of the molecule is CC1=C(C(=O)OC2CCCCC2)[C@H](c2ccc(Cl)c(Cl)c2)C2=C(C[C@H](c3ccccc3)CC2=O)N1. The number of carbonyl (C=O) groups is 2. The van der Waals surface area contributed by atoms with Crippen molar-refractivity contribution in [1.82, 2.24) is 5.32 Å². The summed E-state index contributed by atoms with van der Waals surface area (Å²) in [4.78, 5) is 27.2. The first-order valence-electron chi connectivity index (χ1n) is 12.4. The number of ether oxygens (including phenoxy) is 1. The van der Waals surface area contributed by atoms with Crippen molar-refractivity contribution in [3.05, 3.63) is 92.2 Å². The van der Waals surface area contributed by atoms with Crippen LogP contribution in [0.5, 0.6) is 0 Å². The van der Waals surface area contributed by atoms with Gasteiger partial charge in [-0.05, 0) is 68.2 Å². The standard InChI is InChI=1S/C29H29Cl2NO3/c1-17-26(29(34)35-21-10-6-3-7-11-21)27(19-12-13-22(30)23(31)14-19)28-24(32-17)15-20(16-25(28)33)18-8-4-2-5-9-18/h2,4-5,8-9,12-14,20-21,27,32H,3,6-7,10-11,15-16H2,1H3/t20-,27-/m0/s1. The van der Waals surface area contributed by atoms with E-state index in [2.05, 4.69) is 17.4 Å². The number of allylic oxidation sites excluding steroid dienone is 3. The largest absolute Gasteiger partial charge is 0.459 e. The molecule has 2 aromatic rings. The number of Topliss-reactive ketones (excluding diaryl/α,β-unsaturated/α-hetero) is 1. The molecule has 0 aromatic heterocycles. The Balaban J connectivity index is 1.55. The lowest BCUT2D eigenvalue weighted by atomic mass is 9.71. The van der Waals surface area contributed by atoms with Gasteiger partial charge in [0.2, 0.25) is 0 Å². The molecule has 3 aliphatic rings. The number of esters is 1. The predicted octanol–water partition coefficient (Wildman–Crippen LogP) is 7.23. The Morgan fingerprint density at radius 3 is 2.40 bits per heavy atom. The van der Waals surface area contributed by atoms with Crippen LogP contribution in [-0.2, 0) is 14.3 Å². The third-order valence-electron chi connectivity index (χ3n) is 7.42. The van der Waals surface area contributed by atoms with E-state index in [1.807, 2.05) is 31.2 Å². The van der Waals surface area contributed by atoms with E-state index in [1.165, 1.54) is 6.42 Å². The zero-order valence-electron chi connectivity index (χ0n) is 19.8. The van der Waals surface area contributed by atoms with Crippen LogP contribution in [0.15, 0.2) is 71.1 Å². The predicted molar refractivity (Wildman–Crippen MR) is 138 cm³/mol. The number of ketones is 1. The topological polar surface area (TPSA) is 55.4 Å². The second kappa shape index (κ2) is 10.2. The van der Waals surface area contributed by atoms with Crippen molar-refractivity contribution in [3.63, 3.8) is 0 Å². The van der Waals surface area contributed by atoms with Crippen molar-refractivity contribution in [2.75, 3.05) is 0 Å². The van der Waals surface area contributed by atoms with Crippen LogP contribution in [-0.4, -0.2) is 17.9 Å². The summed E-state index contributed by atoms with van der Waals surface area (Å²) in [5.41, 5.74) is 4.63. The monoisotopic (exact) mass is 509 g/mol. The Kier molecular flexibility index (Phi) is 7.04. The lowest BCUT2D eigenvalue weighted by Crippen LogP contribution is -2.37. The summed E-state index contributed by atoms with van der Waals surface area (Å²) in [5.74, 6) is -0.768. The number of halogens is 2. The summed E-state index contributed by atoms with van der Waals surface area (Å²) < 4.78 is 5.98. The molecule has 0 bridgehead atoms. The molecule has 5 rings (SSSR count). The Labute approximate surface area is 216 Å². The number of nitrogens with one attached hydrogen (secondary N) is 1. The van der Waals surface area contributed by atoms with Crippen LogP contribution < -0.4 is 5.32 Å². The zero-order chi connectivity index (χ0) is 24.5. The van der Waals surface area contributed by atoms with Crippen LogP contribution in [0.4, 0.5) is 0 Å². The molecule has 2 atom stereocenters. The van der Waals surface area contributed by atoms with Crippen molar-refractivity contribution < 1.29 is 14.3 Å². The van der Waals surface area contributed by atoms with Crippen molar-refractivity contribution in [1.29, 1.82) is 0 Å². The van der Waals surface area contributed by atoms with Crippen LogP contribution in [0, 0.1) is 0 Å². The second-order valence-corrected chi connectivity index (χ2v) is 10.6. The van der Waals surface area contributed by atoms with E-state index in [0.717, 1.165) is 48.2 Å². The Morgan fingerprint density at radius 1 is 0.943 bits per heavy atom. The van der Waals surface area contributed by atoms with Gasteiger partial charge in [-0.1, -0.05) is 66.0 Å². The van der Waals surface area contributed by atoms with Gasteiger partial charge in [-0.2, -0.15) is 0 Å². The minimum Gasteiger partial charge on any atom is -0.459 e. The molecule has 4 nitrogen and oxygen atoms in total. The summed E-state index contributed by atoms with van der Waals surface area (Å²) in [6.45, 7) is 1.89. The molecule has 182 valence electrons. The van der Waals surface area contributed by atoms with Gasteiger partial charge in [-0.25, -0.2) is 4.79 Å². The fourth-order valence-electron chi connectivity index (χ4n) is 5.69. The van der Waals surface area contributed by atoms with E-state index in [-0.39, 0.29) is 23.8 Å². The highest BCUT2D eigenvalue weighted by Gasteiger charge is 2.42. The van der Waals surface area contributed by atoms with Crippen LogP contribution in [0.3, 0.4) is 0 Å². The molecule has 0 unspecified atom stereocenters. The maximum Gasteiger partial charge on any atom is 0.337 e. The van der Waals surface area contributed by atoms with Crippen LogP contribution >= 0.6 is 23.2 Å². The van der Waals surface area contributed by atoms with Crippen molar-refractivity contribution in [2.24, 2.45) is 0 Å². The summed E-state index contributed by atoms with van der Waals surface area (Å²) in [6.07, 6.45) is 6.10. The van der Waals surface area contributed by atoms with E-state index in [9.17, 15) is 9.59 Å². The van der Waals surface area contributed by atoms with Gasteiger partial charge in [0, 0.05) is 29.3 Å². The molecule has 1 saturated carbocycles. The number of hydrogen-bond donors (Lipinski definition) is 1. The number of dihydropyridines is 1. The molecule has 2 aromatic carbocycles.